The first-order valence-corrected chi connectivity index (χ1v) is 6.30. The number of ether oxygens (including phenoxy) is 1. The van der Waals surface area contributed by atoms with Crippen molar-refractivity contribution in [2.45, 2.75) is 20.8 Å². The van der Waals surface area contributed by atoms with Crippen molar-refractivity contribution >= 4 is 17.5 Å². The van der Waals surface area contributed by atoms with Gasteiger partial charge < -0.3 is 15.0 Å². The molecule has 0 fully saturated rings. The lowest BCUT2D eigenvalue weighted by Gasteiger charge is -2.11. The zero-order valence-electron chi connectivity index (χ0n) is 11.7. The molecule has 6 heteroatoms. The lowest BCUT2D eigenvalue weighted by molar-refractivity contribution is 0.102. The maximum atomic E-state index is 12.3. The number of aromatic nitrogens is 1. The summed E-state index contributed by atoms with van der Waals surface area (Å²) in [7, 11) is 0. The van der Waals surface area contributed by atoms with Gasteiger partial charge in [0.2, 0.25) is 5.88 Å². The van der Waals surface area contributed by atoms with Crippen LogP contribution in [-0.2, 0) is 0 Å². The lowest BCUT2D eigenvalue weighted by atomic mass is 10.1. The van der Waals surface area contributed by atoms with Crippen LogP contribution < -0.4 is 15.8 Å². The van der Waals surface area contributed by atoms with Gasteiger partial charge in [-0.3, -0.25) is 10.1 Å². The van der Waals surface area contributed by atoms with E-state index in [-0.39, 0.29) is 5.91 Å². The molecule has 2 aromatic rings. The van der Waals surface area contributed by atoms with Crippen molar-refractivity contribution < 1.29 is 14.1 Å². The van der Waals surface area contributed by atoms with E-state index in [2.05, 4.69) is 10.5 Å². The summed E-state index contributed by atoms with van der Waals surface area (Å²) in [5.74, 6) is 0.360. The van der Waals surface area contributed by atoms with Gasteiger partial charge in [-0.1, -0.05) is 11.2 Å². The molecule has 1 aromatic heterocycles. The van der Waals surface area contributed by atoms with E-state index >= 15 is 0 Å². The Hall–Kier alpha value is -2.50. The van der Waals surface area contributed by atoms with Crippen LogP contribution in [0.15, 0.2) is 22.7 Å². The van der Waals surface area contributed by atoms with Crippen LogP contribution in [0.3, 0.4) is 0 Å². The molecule has 20 heavy (non-hydrogen) atoms. The number of carbonyl (C=O) groups excluding carboxylic acids is 1. The van der Waals surface area contributed by atoms with Gasteiger partial charge in [0.25, 0.3) is 5.91 Å². The summed E-state index contributed by atoms with van der Waals surface area (Å²) in [5.41, 5.74) is 8.14. The number of nitrogen functional groups attached to an aromatic ring is 1. The molecule has 1 amide bonds. The molecule has 0 saturated carbocycles. The van der Waals surface area contributed by atoms with Crippen molar-refractivity contribution in [3.05, 3.63) is 35.0 Å². The topological polar surface area (TPSA) is 90.4 Å². The molecular formula is C14H17N3O3. The van der Waals surface area contributed by atoms with Crippen LogP contribution in [0.4, 0.5) is 11.6 Å². The molecule has 1 aromatic carbocycles. The summed E-state index contributed by atoms with van der Waals surface area (Å²) in [4.78, 5) is 12.3. The van der Waals surface area contributed by atoms with Crippen molar-refractivity contribution in [1.29, 1.82) is 0 Å². The van der Waals surface area contributed by atoms with E-state index in [1.54, 1.807) is 25.1 Å². The molecule has 0 aliphatic heterocycles. The van der Waals surface area contributed by atoms with Crippen LogP contribution in [0.25, 0.3) is 0 Å². The van der Waals surface area contributed by atoms with E-state index in [1.165, 1.54) is 0 Å². The largest absolute Gasteiger partial charge is 0.491 e. The average molecular weight is 275 g/mol. The Morgan fingerprint density at radius 2 is 2.20 bits per heavy atom. The van der Waals surface area contributed by atoms with E-state index in [9.17, 15) is 4.79 Å². The highest BCUT2D eigenvalue weighted by atomic mass is 16.5. The second-order valence-electron chi connectivity index (χ2n) is 4.33. The van der Waals surface area contributed by atoms with Crippen molar-refractivity contribution in [3.8, 4) is 5.75 Å². The minimum absolute atomic E-state index is 0.331. The Balaban J connectivity index is 2.30. The van der Waals surface area contributed by atoms with Gasteiger partial charge in [0, 0.05) is 5.56 Å². The number of aryl methyl sites for hydroxylation is 1. The summed E-state index contributed by atoms with van der Waals surface area (Å²) < 4.78 is 10.5. The van der Waals surface area contributed by atoms with Gasteiger partial charge in [-0.25, -0.2) is 0 Å². The van der Waals surface area contributed by atoms with Gasteiger partial charge in [0.05, 0.1) is 23.6 Å². The lowest BCUT2D eigenvalue weighted by Crippen LogP contribution is -2.14. The van der Waals surface area contributed by atoms with Gasteiger partial charge in [-0.15, -0.1) is 0 Å². The SMILES string of the molecule is CCOc1c(N)cccc1C(=O)Nc1onc(C)c1C. The number of amides is 1. The van der Waals surface area contributed by atoms with E-state index in [1.807, 2.05) is 13.8 Å². The first-order chi connectivity index (χ1) is 9.54. The molecule has 1 heterocycles. The Kier molecular flexibility index (Phi) is 3.93. The first-order valence-electron chi connectivity index (χ1n) is 6.30. The number of hydrogen-bond acceptors (Lipinski definition) is 5. The molecule has 0 radical (unpaired) electrons. The molecule has 0 atom stereocenters. The second kappa shape index (κ2) is 5.64. The third kappa shape index (κ3) is 2.59. The van der Waals surface area contributed by atoms with E-state index in [0.717, 1.165) is 11.3 Å². The molecule has 0 saturated heterocycles. The summed E-state index contributed by atoms with van der Waals surface area (Å²) in [6, 6.07) is 5.03. The third-order valence-corrected chi connectivity index (χ3v) is 2.96. The van der Waals surface area contributed by atoms with E-state index in [4.69, 9.17) is 15.0 Å². The Morgan fingerprint density at radius 3 is 2.80 bits per heavy atom. The second-order valence-corrected chi connectivity index (χ2v) is 4.33. The summed E-state index contributed by atoms with van der Waals surface area (Å²) in [5, 5.41) is 6.46. The number of carbonyl (C=O) groups is 1. The summed E-state index contributed by atoms with van der Waals surface area (Å²) in [6.07, 6.45) is 0. The molecular weight excluding hydrogens is 258 g/mol. The summed E-state index contributed by atoms with van der Waals surface area (Å²) in [6.45, 7) is 5.89. The molecule has 0 unspecified atom stereocenters. The molecule has 2 rings (SSSR count). The fourth-order valence-electron chi connectivity index (χ4n) is 1.74. The maximum Gasteiger partial charge on any atom is 0.261 e. The highest BCUT2D eigenvalue weighted by Gasteiger charge is 2.18. The monoisotopic (exact) mass is 275 g/mol. The minimum atomic E-state index is -0.347. The number of nitrogens with zero attached hydrogens (tertiary/aromatic N) is 1. The molecule has 0 aliphatic rings. The molecule has 0 spiro atoms. The van der Waals surface area contributed by atoms with Crippen LogP contribution in [0, 0.1) is 13.8 Å². The minimum Gasteiger partial charge on any atom is -0.491 e. The van der Waals surface area contributed by atoms with E-state index in [0.29, 0.717) is 29.5 Å². The zero-order chi connectivity index (χ0) is 14.7. The van der Waals surface area contributed by atoms with Crippen LogP contribution in [0.1, 0.15) is 28.5 Å². The van der Waals surface area contributed by atoms with Crippen molar-refractivity contribution in [1.82, 2.24) is 5.16 Å². The molecule has 6 nitrogen and oxygen atoms in total. The van der Waals surface area contributed by atoms with Crippen LogP contribution in [0.5, 0.6) is 5.75 Å². The number of benzene rings is 1. The zero-order valence-corrected chi connectivity index (χ0v) is 11.7. The normalized spacial score (nSPS) is 10.3. The van der Waals surface area contributed by atoms with Gasteiger partial charge in [0.1, 0.15) is 0 Å². The predicted molar refractivity (Wildman–Crippen MR) is 76.0 cm³/mol. The molecule has 106 valence electrons. The fraction of sp³-hybridized carbons (Fsp3) is 0.286. The van der Waals surface area contributed by atoms with Gasteiger partial charge in [0.15, 0.2) is 5.75 Å². The predicted octanol–water partition coefficient (Wildman–Crippen LogP) is 2.52. The Morgan fingerprint density at radius 1 is 1.45 bits per heavy atom. The van der Waals surface area contributed by atoms with Gasteiger partial charge in [-0.05, 0) is 32.9 Å². The third-order valence-electron chi connectivity index (χ3n) is 2.96. The highest BCUT2D eigenvalue weighted by Crippen LogP contribution is 2.28. The number of hydrogen-bond donors (Lipinski definition) is 2. The Bertz CT molecular complexity index is 635. The number of nitrogens with one attached hydrogen (secondary N) is 1. The molecule has 0 aliphatic carbocycles. The molecule has 3 N–H and O–H groups in total. The Labute approximate surface area is 116 Å². The average Bonchev–Trinajstić information content (AvgIpc) is 2.73. The van der Waals surface area contributed by atoms with Crippen molar-refractivity contribution in [3.63, 3.8) is 0 Å². The van der Waals surface area contributed by atoms with Gasteiger partial charge >= 0.3 is 0 Å². The fourth-order valence-corrected chi connectivity index (χ4v) is 1.74. The van der Waals surface area contributed by atoms with Crippen LogP contribution >= 0.6 is 0 Å². The van der Waals surface area contributed by atoms with E-state index < -0.39 is 0 Å². The standard InChI is InChI=1S/C14H17N3O3/c1-4-19-12-10(6-5-7-11(12)15)13(18)16-14-8(2)9(3)17-20-14/h5-7H,4,15H2,1-3H3,(H,16,18). The van der Waals surface area contributed by atoms with Gasteiger partial charge in [-0.2, -0.15) is 0 Å². The number of nitrogens with two attached hydrogens (primary N) is 1. The molecule has 0 bridgehead atoms. The van der Waals surface area contributed by atoms with Crippen LogP contribution in [-0.4, -0.2) is 17.7 Å². The number of rotatable bonds is 4. The quantitative estimate of drug-likeness (QED) is 0.837. The number of anilines is 2. The number of para-hydroxylation sites is 1. The highest BCUT2D eigenvalue weighted by molar-refractivity contribution is 6.06. The maximum absolute atomic E-state index is 12.3. The van der Waals surface area contributed by atoms with Crippen molar-refractivity contribution in [2.75, 3.05) is 17.7 Å². The first kappa shape index (κ1) is 13.9. The summed E-state index contributed by atoms with van der Waals surface area (Å²) >= 11 is 0. The van der Waals surface area contributed by atoms with Crippen LogP contribution in [0.2, 0.25) is 0 Å². The smallest absolute Gasteiger partial charge is 0.261 e. The van der Waals surface area contributed by atoms with Crippen molar-refractivity contribution in [2.24, 2.45) is 0 Å².